The van der Waals surface area contributed by atoms with Gasteiger partial charge in [0, 0.05) is 31.6 Å². The van der Waals surface area contributed by atoms with Crippen LogP contribution in [0.3, 0.4) is 0 Å². The highest BCUT2D eigenvalue weighted by Gasteiger charge is 2.58. The lowest BCUT2D eigenvalue weighted by molar-refractivity contribution is -0.144. The van der Waals surface area contributed by atoms with Crippen molar-refractivity contribution in [1.82, 2.24) is 9.80 Å². The molecule has 3 aliphatic heterocycles. The zero-order valence-electron chi connectivity index (χ0n) is 25.3. The molecule has 3 fully saturated rings. The van der Waals surface area contributed by atoms with Crippen LogP contribution in [0.25, 0.3) is 6.08 Å². The number of hydrogen-bond donors (Lipinski definition) is 1. The number of likely N-dealkylation sites (tertiary alicyclic amines) is 2. The first-order valence-corrected chi connectivity index (χ1v) is 16.3. The number of benzene rings is 2. The van der Waals surface area contributed by atoms with Crippen molar-refractivity contribution >= 4 is 29.5 Å². The highest BCUT2D eigenvalue weighted by Crippen LogP contribution is 2.51. The van der Waals surface area contributed by atoms with Gasteiger partial charge in [-0.1, -0.05) is 72.5 Å². The van der Waals surface area contributed by atoms with E-state index in [1.54, 1.807) is 17.0 Å². The molecular weight excluding hydrogens is 560 g/mol. The summed E-state index contributed by atoms with van der Waals surface area (Å²) in [5.41, 5.74) is 6.02. The molecule has 0 unspecified atom stereocenters. The lowest BCUT2D eigenvalue weighted by Gasteiger charge is -2.36. The topological polar surface area (TPSA) is 70.1 Å². The second-order valence-electron chi connectivity index (χ2n) is 12.8. The quantitative estimate of drug-likeness (QED) is 0.247. The molecule has 2 aromatic rings. The van der Waals surface area contributed by atoms with Crippen molar-refractivity contribution in [2.75, 3.05) is 19.7 Å². The van der Waals surface area contributed by atoms with Crippen molar-refractivity contribution in [2.45, 2.75) is 77.5 Å². The number of phenols is 1. The number of allylic oxidation sites excluding steroid dienone is 2. The van der Waals surface area contributed by atoms with E-state index >= 15 is 0 Å². The number of carbonyl (C=O) groups excluding carboxylic acids is 2. The Kier molecular flexibility index (Phi) is 9.08. The lowest BCUT2D eigenvalue weighted by Crippen LogP contribution is -2.47. The van der Waals surface area contributed by atoms with Gasteiger partial charge in [0.1, 0.15) is 5.75 Å². The summed E-state index contributed by atoms with van der Waals surface area (Å²) in [5, 5.41) is 10.2. The molecule has 3 heterocycles. The summed E-state index contributed by atoms with van der Waals surface area (Å²) in [6.07, 6.45) is 8.05. The first kappa shape index (κ1) is 30.1. The number of ether oxygens (including phenoxy) is 1. The molecule has 228 valence electrons. The van der Waals surface area contributed by atoms with E-state index < -0.39 is 0 Å². The summed E-state index contributed by atoms with van der Waals surface area (Å²) >= 11 is 6.33. The smallest absolute Gasteiger partial charge is 0.234 e. The Morgan fingerprint density at radius 1 is 1.07 bits per heavy atom. The Hall–Kier alpha value is -2.93. The maximum atomic E-state index is 14.0. The van der Waals surface area contributed by atoms with Gasteiger partial charge in [0.05, 0.1) is 29.6 Å². The number of fused-ring (bicyclic) bond motifs is 3. The Morgan fingerprint density at radius 3 is 2.56 bits per heavy atom. The molecule has 0 radical (unpaired) electrons. The Morgan fingerprint density at radius 2 is 1.84 bits per heavy atom. The molecule has 0 saturated carbocycles. The van der Waals surface area contributed by atoms with Gasteiger partial charge in [-0.05, 0) is 80.3 Å². The average molecular weight is 603 g/mol. The monoisotopic (exact) mass is 602 g/mol. The fourth-order valence-electron chi connectivity index (χ4n) is 7.90. The van der Waals surface area contributed by atoms with E-state index in [0.29, 0.717) is 18.1 Å². The molecule has 0 spiro atoms. The number of aromatic hydroxyl groups is 1. The van der Waals surface area contributed by atoms with Crippen molar-refractivity contribution < 1.29 is 19.4 Å². The Bertz CT molecular complexity index is 1410. The molecular formula is C36H43ClN2O4. The number of nitrogens with zero attached hydrogens (tertiary/aromatic N) is 2. The molecule has 4 aliphatic rings. The predicted molar refractivity (Wildman–Crippen MR) is 169 cm³/mol. The normalized spacial score (nSPS) is 26.8. The van der Waals surface area contributed by atoms with Gasteiger partial charge in [0.15, 0.2) is 0 Å². The molecule has 2 aromatic carbocycles. The van der Waals surface area contributed by atoms with Crippen LogP contribution in [-0.4, -0.2) is 58.6 Å². The van der Waals surface area contributed by atoms with Gasteiger partial charge in [0.25, 0.3) is 0 Å². The van der Waals surface area contributed by atoms with Crippen LogP contribution < -0.4 is 0 Å². The van der Waals surface area contributed by atoms with Crippen LogP contribution in [0.5, 0.6) is 5.75 Å². The van der Waals surface area contributed by atoms with Gasteiger partial charge in [-0.3, -0.25) is 19.4 Å². The summed E-state index contributed by atoms with van der Waals surface area (Å²) in [6, 6.07) is 15.5. The molecule has 6 rings (SSSR count). The fourth-order valence-corrected chi connectivity index (χ4v) is 8.13. The van der Waals surface area contributed by atoms with Crippen LogP contribution in [0, 0.1) is 17.8 Å². The van der Waals surface area contributed by atoms with E-state index in [1.807, 2.05) is 12.1 Å². The largest absolute Gasteiger partial charge is 0.508 e. The third-order valence-electron chi connectivity index (χ3n) is 9.95. The third-order valence-corrected chi connectivity index (χ3v) is 10.3. The molecule has 0 aromatic heterocycles. The van der Waals surface area contributed by atoms with E-state index in [-0.39, 0.29) is 47.5 Å². The molecule has 1 aliphatic carbocycles. The minimum atomic E-state index is -0.289. The van der Waals surface area contributed by atoms with Crippen LogP contribution in [0.1, 0.15) is 69.9 Å². The SMILES string of the molecule is CCCC1=C2[C@@H](CC/C(C)=C/c3ccc(O)cc3Cl)OC[C@@H]2[C@@H]2C(=O)N(C3CCN(Cc4ccccc4)CC3)C(=O)[C@@H]2C1. The summed E-state index contributed by atoms with van der Waals surface area (Å²) in [5.74, 6) is -0.286. The van der Waals surface area contributed by atoms with Crippen molar-refractivity contribution in [1.29, 1.82) is 0 Å². The summed E-state index contributed by atoms with van der Waals surface area (Å²) in [4.78, 5) is 32.0. The highest BCUT2D eigenvalue weighted by atomic mass is 35.5. The van der Waals surface area contributed by atoms with E-state index in [0.717, 1.165) is 63.7 Å². The molecule has 6 nitrogen and oxygen atoms in total. The standard InChI is InChI=1S/C36H43ClN2O4/c1-3-7-26-19-29-34(30-22-43-32(33(26)30)13-10-23(2)18-25-11-12-28(40)20-31(25)37)36(42)39(35(29)41)27-14-16-38(17-15-27)21-24-8-5-4-6-9-24/h4-6,8-9,11-12,18,20,27,29-30,32,34,40H,3,7,10,13-17,19,21-22H2,1-2H3/b23-18+/t29-,30+,32-,34-/m1/s1. The number of piperidine rings is 1. The van der Waals surface area contributed by atoms with Crippen LogP contribution in [0.2, 0.25) is 5.02 Å². The maximum Gasteiger partial charge on any atom is 0.234 e. The number of hydrogen-bond acceptors (Lipinski definition) is 5. The van der Waals surface area contributed by atoms with Gasteiger partial charge >= 0.3 is 0 Å². The second kappa shape index (κ2) is 13.0. The van der Waals surface area contributed by atoms with Crippen molar-refractivity contribution in [3.8, 4) is 5.75 Å². The van der Waals surface area contributed by atoms with E-state index in [2.05, 4.69) is 49.1 Å². The van der Waals surface area contributed by atoms with Crippen molar-refractivity contribution in [2.24, 2.45) is 17.8 Å². The number of amides is 2. The third kappa shape index (κ3) is 6.20. The average Bonchev–Trinajstić information content (AvgIpc) is 3.53. The maximum absolute atomic E-state index is 14.0. The van der Waals surface area contributed by atoms with E-state index in [9.17, 15) is 14.7 Å². The highest BCUT2D eigenvalue weighted by molar-refractivity contribution is 6.32. The van der Waals surface area contributed by atoms with E-state index in [1.165, 1.54) is 22.3 Å². The van der Waals surface area contributed by atoms with Gasteiger partial charge in [-0.25, -0.2) is 0 Å². The first-order chi connectivity index (χ1) is 20.8. The van der Waals surface area contributed by atoms with Gasteiger partial charge < -0.3 is 9.84 Å². The fraction of sp³-hybridized carbons (Fsp3) is 0.500. The Labute approximate surface area is 260 Å². The molecule has 3 saturated heterocycles. The second-order valence-corrected chi connectivity index (χ2v) is 13.3. The van der Waals surface area contributed by atoms with Gasteiger partial charge in [0.2, 0.25) is 11.8 Å². The van der Waals surface area contributed by atoms with Gasteiger partial charge in [-0.15, -0.1) is 0 Å². The summed E-state index contributed by atoms with van der Waals surface area (Å²) in [7, 11) is 0. The van der Waals surface area contributed by atoms with Crippen LogP contribution >= 0.6 is 11.6 Å². The molecule has 4 atom stereocenters. The minimum absolute atomic E-state index is 0.000693. The Balaban J connectivity index is 1.13. The van der Waals surface area contributed by atoms with E-state index in [4.69, 9.17) is 16.3 Å². The van der Waals surface area contributed by atoms with Crippen LogP contribution in [0.15, 0.2) is 65.3 Å². The molecule has 1 N–H and O–H groups in total. The summed E-state index contributed by atoms with van der Waals surface area (Å²) < 4.78 is 6.43. The summed E-state index contributed by atoms with van der Waals surface area (Å²) in [6.45, 7) is 7.50. The lowest BCUT2D eigenvalue weighted by atomic mass is 9.68. The minimum Gasteiger partial charge on any atom is -0.508 e. The van der Waals surface area contributed by atoms with Crippen molar-refractivity contribution in [3.05, 3.63) is 81.4 Å². The number of halogens is 1. The zero-order chi connectivity index (χ0) is 30.1. The molecule has 7 heteroatoms. The van der Waals surface area contributed by atoms with Gasteiger partial charge in [-0.2, -0.15) is 0 Å². The van der Waals surface area contributed by atoms with Crippen LogP contribution in [-0.2, 0) is 20.9 Å². The zero-order valence-corrected chi connectivity index (χ0v) is 26.1. The number of phenolic OH excluding ortho intramolecular Hbond substituents is 1. The molecule has 2 amide bonds. The van der Waals surface area contributed by atoms with Crippen LogP contribution in [0.4, 0.5) is 0 Å². The van der Waals surface area contributed by atoms with Crippen molar-refractivity contribution in [3.63, 3.8) is 0 Å². The number of imide groups is 1. The number of rotatable bonds is 9. The first-order valence-electron chi connectivity index (χ1n) is 16.0. The number of carbonyl (C=O) groups is 2. The molecule has 43 heavy (non-hydrogen) atoms. The predicted octanol–water partition coefficient (Wildman–Crippen LogP) is 7.01. The molecule has 0 bridgehead atoms.